The number of alkyl halides is 1. The van der Waals surface area contributed by atoms with Crippen LogP contribution >= 0.6 is 15.9 Å². The highest BCUT2D eigenvalue weighted by Gasteiger charge is 2.59. The van der Waals surface area contributed by atoms with Gasteiger partial charge in [0, 0.05) is 5.33 Å². The van der Waals surface area contributed by atoms with Crippen LogP contribution in [0.15, 0.2) is 0 Å². The second kappa shape index (κ2) is 3.03. The largest absolute Gasteiger partial charge is 0.0928 e. The quantitative estimate of drug-likeness (QED) is 0.635. The normalized spacial score (nSPS) is 57.4. The molecule has 0 amide bonds. The Kier molecular flexibility index (Phi) is 2.14. The van der Waals surface area contributed by atoms with Crippen molar-refractivity contribution in [1.82, 2.24) is 0 Å². The Hall–Kier alpha value is 0.480. The first-order valence-corrected chi connectivity index (χ1v) is 7.65. The summed E-state index contributed by atoms with van der Waals surface area (Å²) in [5.41, 5.74) is 2.14. The van der Waals surface area contributed by atoms with Gasteiger partial charge in [0.1, 0.15) is 0 Å². The lowest BCUT2D eigenvalue weighted by Gasteiger charge is -2.65. The van der Waals surface area contributed by atoms with Crippen LogP contribution in [0, 0.1) is 22.2 Å². The van der Waals surface area contributed by atoms with Gasteiger partial charge in [-0.2, -0.15) is 0 Å². The minimum atomic E-state index is 0.705. The summed E-state index contributed by atoms with van der Waals surface area (Å²) in [7, 11) is 0. The number of hydrogen-bond donors (Lipinski definition) is 0. The molecule has 0 heterocycles. The molecule has 0 saturated heterocycles. The highest BCUT2D eigenvalue weighted by atomic mass is 79.9. The predicted octanol–water partition coefficient (Wildman–Crippen LogP) is 4.77. The maximum atomic E-state index is 3.67. The van der Waals surface area contributed by atoms with Gasteiger partial charge in [-0.1, -0.05) is 29.8 Å². The topological polar surface area (TPSA) is 0 Å². The Morgan fingerprint density at radius 1 is 1.00 bits per heavy atom. The molecule has 4 aliphatic rings. The standard InChI is InChI=1S/C14H23Br/c1-12-5-11-6-13(2,8-12)10-14(7-11,9-12)3-4-15/h11H,3-10H2,1-2H3. The summed E-state index contributed by atoms with van der Waals surface area (Å²) < 4.78 is 0. The Morgan fingerprint density at radius 3 is 2.07 bits per heavy atom. The van der Waals surface area contributed by atoms with Crippen molar-refractivity contribution in [3.63, 3.8) is 0 Å². The molecule has 15 heavy (non-hydrogen) atoms. The summed E-state index contributed by atoms with van der Waals surface area (Å²) in [5.74, 6) is 1.07. The minimum Gasteiger partial charge on any atom is -0.0928 e. The van der Waals surface area contributed by atoms with E-state index in [1.54, 1.807) is 6.42 Å². The molecule has 0 aromatic heterocycles. The van der Waals surface area contributed by atoms with Crippen molar-refractivity contribution in [3.8, 4) is 0 Å². The fraction of sp³-hybridized carbons (Fsp3) is 1.00. The van der Waals surface area contributed by atoms with E-state index in [2.05, 4.69) is 29.8 Å². The number of rotatable bonds is 2. The van der Waals surface area contributed by atoms with Crippen LogP contribution in [-0.4, -0.2) is 5.33 Å². The van der Waals surface area contributed by atoms with Gasteiger partial charge in [-0.25, -0.2) is 0 Å². The van der Waals surface area contributed by atoms with Crippen LogP contribution in [0.3, 0.4) is 0 Å². The summed E-state index contributed by atoms with van der Waals surface area (Å²) in [5, 5.41) is 1.21. The molecule has 4 fully saturated rings. The van der Waals surface area contributed by atoms with E-state index in [4.69, 9.17) is 0 Å². The van der Waals surface area contributed by atoms with Gasteiger partial charge in [-0.3, -0.25) is 0 Å². The van der Waals surface area contributed by atoms with Gasteiger partial charge in [0.15, 0.2) is 0 Å². The van der Waals surface area contributed by atoms with Crippen molar-refractivity contribution in [2.45, 2.75) is 58.8 Å². The molecule has 0 N–H and O–H groups in total. The fourth-order valence-corrected chi connectivity index (χ4v) is 7.00. The summed E-state index contributed by atoms with van der Waals surface area (Å²) in [6.07, 6.45) is 10.6. The molecule has 0 nitrogen and oxygen atoms in total. The third-order valence-corrected chi connectivity index (χ3v) is 5.76. The van der Waals surface area contributed by atoms with Gasteiger partial charge in [0.05, 0.1) is 0 Å². The second-order valence-corrected chi connectivity index (χ2v) is 8.36. The Balaban J connectivity index is 1.94. The molecular formula is C14H23Br. The molecule has 4 rings (SSSR count). The van der Waals surface area contributed by atoms with Crippen molar-refractivity contribution < 1.29 is 0 Å². The van der Waals surface area contributed by atoms with Crippen molar-refractivity contribution in [2.24, 2.45) is 22.2 Å². The van der Waals surface area contributed by atoms with Crippen LogP contribution < -0.4 is 0 Å². The first-order chi connectivity index (χ1) is 6.97. The number of halogens is 1. The van der Waals surface area contributed by atoms with E-state index in [1.807, 2.05) is 0 Å². The van der Waals surface area contributed by atoms with E-state index in [9.17, 15) is 0 Å². The molecular weight excluding hydrogens is 248 g/mol. The second-order valence-electron chi connectivity index (χ2n) is 7.57. The molecule has 2 unspecified atom stereocenters. The average molecular weight is 271 g/mol. The zero-order valence-electron chi connectivity index (χ0n) is 10.1. The molecule has 4 saturated carbocycles. The molecule has 4 aliphatic carbocycles. The molecule has 0 aliphatic heterocycles. The highest BCUT2D eigenvalue weighted by molar-refractivity contribution is 9.09. The summed E-state index contributed by atoms with van der Waals surface area (Å²) in [4.78, 5) is 0. The van der Waals surface area contributed by atoms with Crippen molar-refractivity contribution >= 4 is 15.9 Å². The van der Waals surface area contributed by atoms with Crippen LogP contribution in [0.25, 0.3) is 0 Å². The zero-order chi connectivity index (χ0) is 10.7. The van der Waals surface area contributed by atoms with Crippen molar-refractivity contribution in [1.29, 1.82) is 0 Å². The first-order valence-electron chi connectivity index (χ1n) is 6.53. The summed E-state index contributed by atoms with van der Waals surface area (Å²) in [6.45, 7) is 5.14. The van der Waals surface area contributed by atoms with E-state index in [0.29, 0.717) is 10.8 Å². The molecule has 4 bridgehead atoms. The Morgan fingerprint density at radius 2 is 1.60 bits per heavy atom. The monoisotopic (exact) mass is 270 g/mol. The Bertz CT molecular complexity index is 265. The number of hydrogen-bond acceptors (Lipinski definition) is 0. The molecule has 0 aromatic rings. The summed E-state index contributed by atoms with van der Waals surface area (Å²) >= 11 is 3.67. The van der Waals surface area contributed by atoms with Crippen molar-refractivity contribution in [2.75, 3.05) is 5.33 Å². The molecule has 86 valence electrons. The molecule has 2 atom stereocenters. The van der Waals surface area contributed by atoms with E-state index in [-0.39, 0.29) is 0 Å². The molecule has 0 radical (unpaired) electrons. The van der Waals surface area contributed by atoms with Crippen LogP contribution in [0.2, 0.25) is 0 Å². The molecule has 0 aromatic carbocycles. The maximum Gasteiger partial charge on any atom is 0.00365 e. The lowest BCUT2D eigenvalue weighted by atomic mass is 9.40. The lowest BCUT2D eigenvalue weighted by molar-refractivity contribution is -0.145. The fourth-order valence-electron chi connectivity index (χ4n) is 6.16. The Labute approximate surface area is 102 Å². The van der Waals surface area contributed by atoms with Gasteiger partial charge in [0.2, 0.25) is 0 Å². The van der Waals surface area contributed by atoms with Crippen molar-refractivity contribution in [3.05, 3.63) is 0 Å². The van der Waals surface area contributed by atoms with E-state index < -0.39 is 0 Å². The van der Waals surface area contributed by atoms with Crippen LogP contribution in [0.5, 0.6) is 0 Å². The minimum absolute atomic E-state index is 0.705. The lowest BCUT2D eigenvalue weighted by Crippen LogP contribution is -2.55. The van der Waals surface area contributed by atoms with Gasteiger partial charge < -0.3 is 0 Å². The third kappa shape index (κ3) is 1.61. The van der Waals surface area contributed by atoms with Crippen LogP contribution in [0.4, 0.5) is 0 Å². The third-order valence-electron chi connectivity index (χ3n) is 5.37. The van der Waals surface area contributed by atoms with Crippen LogP contribution in [-0.2, 0) is 0 Å². The predicted molar refractivity (Wildman–Crippen MR) is 68.3 cm³/mol. The van der Waals surface area contributed by atoms with E-state index in [1.165, 1.54) is 43.9 Å². The zero-order valence-corrected chi connectivity index (χ0v) is 11.7. The highest BCUT2D eigenvalue weighted by Crippen LogP contribution is 2.70. The average Bonchev–Trinajstić information content (AvgIpc) is 1.94. The SMILES string of the molecule is CC12CC3CC(C)(C1)CC(CCBr)(C3)C2. The van der Waals surface area contributed by atoms with Crippen LogP contribution in [0.1, 0.15) is 58.8 Å². The summed E-state index contributed by atoms with van der Waals surface area (Å²) in [6, 6.07) is 0. The molecule has 1 heteroatoms. The van der Waals surface area contributed by atoms with Gasteiger partial charge in [-0.15, -0.1) is 0 Å². The molecule has 0 spiro atoms. The maximum absolute atomic E-state index is 3.67. The van der Waals surface area contributed by atoms with E-state index in [0.717, 1.165) is 11.3 Å². The van der Waals surface area contributed by atoms with Gasteiger partial charge in [0.25, 0.3) is 0 Å². The van der Waals surface area contributed by atoms with Gasteiger partial charge >= 0.3 is 0 Å². The first kappa shape index (κ1) is 10.6. The smallest absolute Gasteiger partial charge is 0.00365 e. The van der Waals surface area contributed by atoms with Gasteiger partial charge in [-0.05, 0) is 67.1 Å². The van der Waals surface area contributed by atoms with E-state index >= 15 is 0 Å².